The zero-order valence-corrected chi connectivity index (χ0v) is 12.4. The van der Waals surface area contributed by atoms with Gasteiger partial charge in [-0.15, -0.1) is 0 Å². The number of carboxylic acids is 1. The number of carboxylic acid groups (broad SMARTS) is 1. The fraction of sp³-hybridized carbons (Fsp3) is 0.125. The molecule has 1 rings (SSSR count). The largest absolute Gasteiger partial charge is 1.00 e. The van der Waals surface area contributed by atoms with E-state index in [2.05, 4.69) is 0 Å². The first-order chi connectivity index (χ1) is 5.13. The van der Waals surface area contributed by atoms with Gasteiger partial charge in [-0.1, -0.05) is 18.2 Å². The van der Waals surface area contributed by atoms with Crippen LogP contribution in [-0.2, 0) is 32.5 Å². The molecule has 0 aromatic carbocycles. The van der Waals surface area contributed by atoms with Crippen LogP contribution in [0.3, 0.4) is 0 Å². The summed E-state index contributed by atoms with van der Waals surface area (Å²) in [5.41, 5.74) is 0.572. The van der Waals surface area contributed by atoms with Crippen LogP contribution in [0.2, 0.25) is 0 Å². The third kappa shape index (κ3) is 12.3. The van der Waals surface area contributed by atoms with Gasteiger partial charge in [0.1, 0.15) is 0 Å². The predicted molar refractivity (Wildman–Crippen MR) is 41.0 cm³/mol. The van der Waals surface area contributed by atoms with Gasteiger partial charge in [0.2, 0.25) is 0 Å². The number of nitrogens with one attached hydrogen (secondary N) is 1. The smallest absolute Gasteiger partial charge is 0.550 e. The van der Waals surface area contributed by atoms with E-state index in [1.165, 1.54) is 0 Å². The molecule has 0 bridgehead atoms. The van der Waals surface area contributed by atoms with Crippen LogP contribution in [-0.4, -0.2) is 11.7 Å². The van der Waals surface area contributed by atoms with Gasteiger partial charge in [0.15, 0.2) is 0 Å². The first-order valence-corrected chi connectivity index (χ1v) is 3.07. The molecule has 3 nitrogen and oxygen atoms in total. The Morgan fingerprint density at radius 1 is 1.42 bits per heavy atom. The summed E-state index contributed by atoms with van der Waals surface area (Å²) in [4.78, 5) is 8.89. The molecule has 1 N–H and O–H groups in total. The fourth-order valence-corrected chi connectivity index (χ4v) is 0.438. The Morgan fingerprint density at radius 3 is 2.08 bits per heavy atom. The summed E-state index contributed by atoms with van der Waals surface area (Å²) < 4.78 is 0. The maximum absolute atomic E-state index is 8.89. The molecule has 0 fully saturated rings. The van der Waals surface area contributed by atoms with Crippen molar-refractivity contribution in [3.05, 3.63) is 30.7 Å². The molecule has 0 atom stereocenters. The molecule has 2 radical (unpaired) electrons. The molecule has 0 aliphatic heterocycles. The second-order valence-corrected chi connectivity index (χ2v) is 1.86. The van der Waals surface area contributed by atoms with Gasteiger partial charge in [0.25, 0.3) is 0 Å². The zero-order valence-electron chi connectivity index (χ0n) is 6.91. The van der Waals surface area contributed by atoms with Crippen LogP contribution in [0.1, 0.15) is 6.92 Å². The summed E-state index contributed by atoms with van der Waals surface area (Å²) in [5.74, 6) is -1.08. The van der Waals surface area contributed by atoms with Gasteiger partial charge in [-0.25, -0.2) is 0 Å². The maximum Gasteiger partial charge on any atom is 1.00 e. The van der Waals surface area contributed by atoms with Crippen molar-refractivity contribution in [3.63, 3.8) is 0 Å². The minimum absolute atomic E-state index is 0. The number of allylic oxidation sites excluding steroid dienone is 4. The van der Waals surface area contributed by atoms with Crippen molar-refractivity contribution in [1.29, 1.82) is 5.41 Å². The molecule has 1 aliphatic rings. The molecule has 0 amide bonds. The summed E-state index contributed by atoms with van der Waals surface area (Å²) >= 11 is 0. The van der Waals surface area contributed by atoms with Crippen molar-refractivity contribution in [2.45, 2.75) is 6.92 Å². The van der Waals surface area contributed by atoms with E-state index in [9.17, 15) is 0 Å². The van der Waals surface area contributed by atoms with Gasteiger partial charge >= 0.3 is 27.7 Å². The van der Waals surface area contributed by atoms with Gasteiger partial charge in [-0.3, -0.25) is 0 Å². The monoisotopic (exact) mass is 353 g/mol. The normalized spacial score (nSPS) is 12.6. The Kier molecular flexibility index (Phi) is 10.2. The first-order valence-electron chi connectivity index (χ1n) is 3.07. The summed E-state index contributed by atoms with van der Waals surface area (Å²) in [5, 5.41) is 15.9. The third-order valence-corrected chi connectivity index (χ3v) is 0.774. The topological polar surface area (TPSA) is 64.0 Å². The number of hydrogen-bond acceptors (Lipinski definition) is 3. The molecule has 0 aromatic rings. The quantitative estimate of drug-likeness (QED) is 0.629. The van der Waals surface area contributed by atoms with E-state index in [0.717, 1.165) is 6.92 Å². The second-order valence-electron chi connectivity index (χ2n) is 1.86. The number of rotatable bonds is 0. The van der Waals surface area contributed by atoms with Crippen molar-refractivity contribution in [3.8, 4) is 0 Å². The SMILES string of the molecule is CC(=O)[O-].N=C1[CH]C=CC=C1.[Hg+]. The van der Waals surface area contributed by atoms with E-state index in [4.69, 9.17) is 15.3 Å². The molecule has 0 saturated carbocycles. The van der Waals surface area contributed by atoms with E-state index in [1.807, 2.05) is 18.2 Å². The Balaban J connectivity index is 0. The standard InChI is InChI=1S/C6H6N.C2H4O2.Hg/c7-6-4-2-1-3-5-6;1-2(3)4;/h1-5,7H;1H3,(H,3,4);/q;;+1/p-1. The summed E-state index contributed by atoms with van der Waals surface area (Å²) in [6.07, 6.45) is 9.10. The average molecular weight is 352 g/mol. The minimum atomic E-state index is -1.08. The third-order valence-electron chi connectivity index (χ3n) is 0.774. The number of carbonyl (C=O) groups excluding carboxylic acids is 1. The van der Waals surface area contributed by atoms with Crippen LogP contribution in [0.4, 0.5) is 0 Å². The van der Waals surface area contributed by atoms with Crippen LogP contribution < -0.4 is 5.11 Å². The van der Waals surface area contributed by atoms with Crippen LogP contribution in [0.5, 0.6) is 0 Å². The van der Waals surface area contributed by atoms with Crippen molar-refractivity contribution in [2.75, 3.05) is 0 Å². The van der Waals surface area contributed by atoms with Crippen LogP contribution in [0.25, 0.3) is 0 Å². The molecule has 0 aromatic heterocycles. The summed E-state index contributed by atoms with van der Waals surface area (Å²) in [6.45, 7) is 0.972. The van der Waals surface area contributed by atoms with Crippen LogP contribution in [0.15, 0.2) is 24.3 Å². The second kappa shape index (κ2) is 8.65. The van der Waals surface area contributed by atoms with E-state index in [0.29, 0.717) is 5.71 Å². The van der Waals surface area contributed by atoms with Crippen molar-refractivity contribution >= 4 is 11.7 Å². The van der Waals surface area contributed by atoms with E-state index >= 15 is 0 Å². The van der Waals surface area contributed by atoms with Gasteiger partial charge < -0.3 is 15.3 Å². The Morgan fingerprint density at radius 2 is 1.92 bits per heavy atom. The van der Waals surface area contributed by atoms with Crippen molar-refractivity contribution in [1.82, 2.24) is 0 Å². The molecule has 0 heterocycles. The molecule has 60 valence electrons. The van der Waals surface area contributed by atoms with Gasteiger partial charge in [-0.05, 0) is 13.0 Å². The van der Waals surface area contributed by atoms with E-state index < -0.39 is 5.97 Å². The average Bonchev–Trinajstić information content (AvgIpc) is 1.87. The first kappa shape index (κ1) is 14.1. The van der Waals surface area contributed by atoms with Gasteiger partial charge in [0.05, 0.1) is 0 Å². The maximum atomic E-state index is 8.89. The number of aliphatic carboxylic acids is 1. The number of hydrogen-bond donors (Lipinski definition) is 1. The Hall–Kier alpha value is -0.445. The molecule has 0 saturated heterocycles. The molecular formula is C8H9HgNO2. The van der Waals surface area contributed by atoms with Crippen molar-refractivity contribution in [2.24, 2.45) is 0 Å². The minimum Gasteiger partial charge on any atom is -0.550 e. The Bertz CT molecular complexity index is 205. The van der Waals surface area contributed by atoms with Gasteiger partial charge in [-0.2, -0.15) is 0 Å². The summed E-state index contributed by atoms with van der Waals surface area (Å²) in [6, 6.07) is 0. The molecule has 4 heteroatoms. The summed E-state index contributed by atoms with van der Waals surface area (Å²) in [7, 11) is 0. The van der Waals surface area contributed by atoms with E-state index in [1.54, 1.807) is 12.5 Å². The van der Waals surface area contributed by atoms with Crippen molar-refractivity contribution < 1.29 is 37.6 Å². The number of carbonyl (C=O) groups is 1. The van der Waals surface area contributed by atoms with E-state index in [-0.39, 0.29) is 27.7 Å². The molecule has 0 unspecified atom stereocenters. The predicted octanol–water partition coefficient (Wildman–Crippen LogP) is 0.0902. The fourth-order valence-electron chi connectivity index (χ4n) is 0.438. The molecule has 1 aliphatic carbocycles. The molecular weight excluding hydrogens is 343 g/mol. The Labute approximate surface area is 92.2 Å². The zero-order chi connectivity index (χ0) is 8.69. The molecule has 0 spiro atoms. The van der Waals surface area contributed by atoms with Crippen LogP contribution in [0, 0.1) is 11.8 Å². The van der Waals surface area contributed by atoms with Gasteiger partial charge in [0, 0.05) is 18.1 Å². The molecule has 12 heavy (non-hydrogen) atoms. The van der Waals surface area contributed by atoms with Crippen LogP contribution >= 0.6 is 0 Å².